The Morgan fingerprint density at radius 1 is 1.21 bits per heavy atom. The van der Waals surface area contributed by atoms with Gasteiger partial charge in [-0.2, -0.15) is 13.2 Å². The Hall–Kier alpha value is -0.550. The molecule has 80 valence electrons. The molecular formula is C9H11F3OS. The van der Waals surface area contributed by atoms with Gasteiger partial charge in [-0.1, -0.05) is 13.8 Å². The van der Waals surface area contributed by atoms with E-state index in [1.54, 1.807) is 13.8 Å². The van der Waals surface area contributed by atoms with Gasteiger partial charge >= 0.3 is 6.18 Å². The fourth-order valence-corrected chi connectivity index (χ4v) is 1.90. The van der Waals surface area contributed by atoms with E-state index in [-0.39, 0.29) is 6.61 Å². The molecule has 1 aromatic heterocycles. The van der Waals surface area contributed by atoms with Crippen molar-refractivity contribution in [3.05, 3.63) is 21.9 Å². The highest BCUT2D eigenvalue weighted by Gasteiger charge is 2.34. The zero-order chi connectivity index (χ0) is 11.0. The van der Waals surface area contributed by atoms with Crippen LogP contribution in [0.25, 0.3) is 0 Å². The first-order chi connectivity index (χ1) is 6.27. The third-order valence-corrected chi connectivity index (χ3v) is 3.44. The summed E-state index contributed by atoms with van der Waals surface area (Å²) < 4.78 is 36.7. The fraction of sp³-hybridized carbons (Fsp3) is 0.556. The smallest absolute Gasteiger partial charge is 0.395 e. The molecule has 0 spiro atoms. The van der Waals surface area contributed by atoms with Crippen LogP contribution in [0.2, 0.25) is 0 Å². The van der Waals surface area contributed by atoms with Gasteiger partial charge in [-0.15, -0.1) is 11.3 Å². The summed E-state index contributed by atoms with van der Waals surface area (Å²) in [5, 5.41) is 8.98. The molecule has 0 bridgehead atoms. The zero-order valence-electron chi connectivity index (χ0n) is 7.85. The van der Waals surface area contributed by atoms with Crippen molar-refractivity contribution in [1.82, 2.24) is 0 Å². The Morgan fingerprint density at radius 3 is 2.07 bits per heavy atom. The number of thiophene rings is 1. The van der Waals surface area contributed by atoms with E-state index in [2.05, 4.69) is 0 Å². The van der Waals surface area contributed by atoms with Crippen LogP contribution in [0.5, 0.6) is 0 Å². The van der Waals surface area contributed by atoms with Crippen LogP contribution in [0, 0.1) is 0 Å². The quantitative estimate of drug-likeness (QED) is 0.818. The lowest BCUT2D eigenvalue weighted by Crippen LogP contribution is -2.20. The number of aliphatic hydroxyl groups excluding tert-OH is 1. The molecule has 0 unspecified atom stereocenters. The summed E-state index contributed by atoms with van der Waals surface area (Å²) in [6, 6.07) is 2.47. The Labute approximate surface area is 84.2 Å². The fourth-order valence-electron chi connectivity index (χ4n) is 0.932. The van der Waals surface area contributed by atoms with E-state index in [0.29, 0.717) is 16.2 Å². The molecule has 0 saturated heterocycles. The molecule has 1 aromatic rings. The van der Waals surface area contributed by atoms with Gasteiger partial charge in [0.25, 0.3) is 0 Å². The predicted octanol–water partition coefficient (Wildman–Crippen LogP) is 3.04. The molecule has 0 aromatic carbocycles. The van der Waals surface area contributed by atoms with E-state index >= 15 is 0 Å². The van der Waals surface area contributed by atoms with E-state index in [9.17, 15) is 13.2 Å². The highest BCUT2D eigenvalue weighted by molar-refractivity contribution is 7.12. The van der Waals surface area contributed by atoms with Crippen LogP contribution in [0.4, 0.5) is 13.2 Å². The van der Waals surface area contributed by atoms with Gasteiger partial charge in [0, 0.05) is 10.3 Å². The van der Waals surface area contributed by atoms with Crippen molar-refractivity contribution in [2.75, 3.05) is 6.61 Å². The van der Waals surface area contributed by atoms with Crippen LogP contribution in [0.3, 0.4) is 0 Å². The average Bonchev–Trinajstić information content (AvgIpc) is 2.51. The van der Waals surface area contributed by atoms with Crippen molar-refractivity contribution in [2.45, 2.75) is 25.4 Å². The summed E-state index contributed by atoms with van der Waals surface area (Å²) in [6.07, 6.45) is -4.28. The van der Waals surface area contributed by atoms with Crippen LogP contribution in [0.15, 0.2) is 12.1 Å². The van der Waals surface area contributed by atoms with Gasteiger partial charge in [0.1, 0.15) is 4.88 Å². The largest absolute Gasteiger partial charge is 0.425 e. The number of hydrogen-bond donors (Lipinski definition) is 1. The molecule has 0 fully saturated rings. The molecule has 14 heavy (non-hydrogen) atoms. The molecule has 0 amide bonds. The average molecular weight is 224 g/mol. The number of alkyl halides is 3. The van der Waals surface area contributed by atoms with Crippen LogP contribution in [-0.4, -0.2) is 11.7 Å². The second-order valence-corrected chi connectivity index (χ2v) is 4.79. The van der Waals surface area contributed by atoms with E-state index < -0.39 is 16.5 Å². The Kier molecular flexibility index (Phi) is 2.92. The van der Waals surface area contributed by atoms with Gasteiger partial charge < -0.3 is 5.11 Å². The maximum absolute atomic E-state index is 12.2. The van der Waals surface area contributed by atoms with Gasteiger partial charge in [-0.25, -0.2) is 0 Å². The van der Waals surface area contributed by atoms with E-state index in [0.717, 1.165) is 6.07 Å². The standard InChI is InChI=1S/C9H11F3OS/c1-8(2,5-13)6-3-4-7(14-6)9(10,11)12/h3-4,13H,5H2,1-2H3. The Balaban J connectivity index is 3.00. The van der Waals surface area contributed by atoms with Crippen LogP contribution < -0.4 is 0 Å². The van der Waals surface area contributed by atoms with Crippen molar-refractivity contribution < 1.29 is 18.3 Å². The minimum atomic E-state index is -4.28. The first-order valence-electron chi connectivity index (χ1n) is 4.06. The van der Waals surface area contributed by atoms with Gasteiger partial charge in [-0.3, -0.25) is 0 Å². The zero-order valence-corrected chi connectivity index (χ0v) is 8.67. The van der Waals surface area contributed by atoms with Crippen LogP contribution in [0.1, 0.15) is 23.6 Å². The topological polar surface area (TPSA) is 20.2 Å². The Bertz CT molecular complexity index is 314. The molecule has 1 rings (SSSR count). The molecule has 1 N–H and O–H groups in total. The summed E-state index contributed by atoms with van der Waals surface area (Å²) >= 11 is 0.686. The highest BCUT2D eigenvalue weighted by Crippen LogP contribution is 2.38. The van der Waals surface area contributed by atoms with E-state index in [4.69, 9.17) is 5.11 Å². The highest BCUT2D eigenvalue weighted by atomic mass is 32.1. The van der Waals surface area contributed by atoms with Crippen molar-refractivity contribution in [2.24, 2.45) is 0 Å². The van der Waals surface area contributed by atoms with Gasteiger partial charge in [-0.05, 0) is 12.1 Å². The van der Waals surface area contributed by atoms with Crippen molar-refractivity contribution in [1.29, 1.82) is 0 Å². The molecular weight excluding hydrogens is 213 g/mol. The van der Waals surface area contributed by atoms with Crippen molar-refractivity contribution in [3.8, 4) is 0 Å². The monoisotopic (exact) mass is 224 g/mol. The predicted molar refractivity (Wildman–Crippen MR) is 49.4 cm³/mol. The van der Waals surface area contributed by atoms with Crippen LogP contribution in [-0.2, 0) is 11.6 Å². The summed E-state index contributed by atoms with van der Waals surface area (Å²) in [4.78, 5) is -0.0682. The number of halogens is 3. The van der Waals surface area contributed by atoms with Crippen LogP contribution >= 0.6 is 11.3 Å². The minimum absolute atomic E-state index is 0.162. The maximum atomic E-state index is 12.2. The lowest BCUT2D eigenvalue weighted by Gasteiger charge is -2.19. The summed E-state index contributed by atoms with van der Waals surface area (Å²) in [7, 11) is 0. The molecule has 0 aliphatic carbocycles. The van der Waals surface area contributed by atoms with E-state index in [1.165, 1.54) is 6.07 Å². The van der Waals surface area contributed by atoms with E-state index in [1.807, 2.05) is 0 Å². The lowest BCUT2D eigenvalue weighted by molar-refractivity contribution is -0.134. The van der Waals surface area contributed by atoms with Gasteiger partial charge in [0.15, 0.2) is 0 Å². The summed E-state index contributed by atoms with van der Waals surface area (Å²) in [5.41, 5.74) is -0.603. The molecule has 0 saturated carbocycles. The summed E-state index contributed by atoms with van der Waals surface area (Å²) in [5.74, 6) is 0. The molecule has 0 atom stereocenters. The number of rotatable bonds is 2. The lowest BCUT2D eigenvalue weighted by atomic mass is 9.93. The third-order valence-electron chi connectivity index (χ3n) is 1.95. The van der Waals surface area contributed by atoms with Gasteiger partial charge in [0.2, 0.25) is 0 Å². The SMILES string of the molecule is CC(C)(CO)c1ccc(C(F)(F)F)s1. The second kappa shape index (κ2) is 3.55. The van der Waals surface area contributed by atoms with Crippen molar-refractivity contribution in [3.63, 3.8) is 0 Å². The molecule has 0 aliphatic heterocycles. The Morgan fingerprint density at radius 2 is 1.71 bits per heavy atom. The summed E-state index contributed by atoms with van der Waals surface area (Å²) in [6.45, 7) is 3.25. The number of hydrogen-bond acceptors (Lipinski definition) is 2. The maximum Gasteiger partial charge on any atom is 0.425 e. The normalized spacial score (nSPS) is 13.3. The van der Waals surface area contributed by atoms with Gasteiger partial charge in [0.05, 0.1) is 6.61 Å². The first kappa shape index (κ1) is 11.5. The molecule has 0 radical (unpaired) electrons. The molecule has 1 heterocycles. The minimum Gasteiger partial charge on any atom is -0.395 e. The molecule has 1 nitrogen and oxygen atoms in total. The second-order valence-electron chi connectivity index (χ2n) is 3.70. The number of aliphatic hydroxyl groups is 1. The molecule has 0 aliphatic rings. The molecule has 5 heteroatoms. The first-order valence-corrected chi connectivity index (χ1v) is 4.87. The third kappa shape index (κ3) is 2.27. The van der Waals surface area contributed by atoms with Crippen molar-refractivity contribution >= 4 is 11.3 Å².